The first-order valence-electron chi connectivity index (χ1n) is 11.5. The van der Waals surface area contributed by atoms with Crippen LogP contribution < -0.4 is 5.32 Å². The molecule has 4 rings (SSSR count). The van der Waals surface area contributed by atoms with E-state index in [9.17, 15) is 14.4 Å². The van der Waals surface area contributed by atoms with Crippen molar-refractivity contribution in [1.29, 1.82) is 0 Å². The third-order valence-electron chi connectivity index (χ3n) is 6.73. The van der Waals surface area contributed by atoms with Crippen molar-refractivity contribution in [2.24, 2.45) is 5.92 Å². The molecule has 33 heavy (non-hydrogen) atoms. The second-order valence-electron chi connectivity index (χ2n) is 9.20. The number of rotatable bonds is 7. The fraction of sp³-hybridized carbons (Fsp3) is 0.542. The molecule has 1 aliphatic heterocycles. The summed E-state index contributed by atoms with van der Waals surface area (Å²) >= 11 is 0. The zero-order valence-electron chi connectivity index (χ0n) is 19.3. The number of hydrogen-bond donors (Lipinski definition) is 1. The van der Waals surface area contributed by atoms with Crippen molar-refractivity contribution in [1.82, 2.24) is 20.4 Å². The van der Waals surface area contributed by atoms with Crippen LogP contribution in [0.15, 0.2) is 28.8 Å². The standard InChI is InChI=1S/C24H30N4O5/c1-4-16-9-11-24(12-10-16)22(30)28(23(31)26-24)13-20(29)32-14-19-25-21(27-33-19)18-7-5-17(6-8-18)15(2)3/h5-8,15-16H,4,9-14H2,1-3H3,(H,26,31). The van der Waals surface area contributed by atoms with E-state index < -0.39 is 24.1 Å². The van der Waals surface area contributed by atoms with E-state index in [0.717, 1.165) is 29.7 Å². The summed E-state index contributed by atoms with van der Waals surface area (Å²) in [6.45, 7) is 5.69. The van der Waals surface area contributed by atoms with Crippen LogP contribution in [0.4, 0.5) is 4.79 Å². The van der Waals surface area contributed by atoms with Crippen LogP contribution in [0.2, 0.25) is 0 Å². The van der Waals surface area contributed by atoms with Gasteiger partial charge in [-0.25, -0.2) is 4.79 Å². The summed E-state index contributed by atoms with van der Waals surface area (Å²) in [5.74, 6) is 0.479. The van der Waals surface area contributed by atoms with Crippen molar-refractivity contribution in [2.45, 2.75) is 70.9 Å². The lowest BCUT2D eigenvalue weighted by atomic mass is 9.75. The Morgan fingerprint density at radius 3 is 2.58 bits per heavy atom. The molecule has 0 bridgehead atoms. The smallest absolute Gasteiger partial charge is 0.326 e. The van der Waals surface area contributed by atoms with Gasteiger partial charge < -0.3 is 14.6 Å². The maximum absolute atomic E-state index is 12.9. The number of benzene rings is 1. The number of carbonyl (C=O) groups excluding carboxylic acids is 3. The van der Waals surface area contributed by atoms with Gasteiger partial charge in [-0.15, -0.1) is 0 Å². The highest BCUT2D eigenvalue weighted by Gasteiger charge is 2.52. The Morgan fingerprint density at radius 2 is 1.94 bits per heavy atom. The number of hydrogen-bond acceptors (Lipinski definition) is 7. The van der Waals surface area contributed by atoms with Gasteiger partial charge in [-0.05, 0) is 43.1 Å². The summed E-state index contributed by atoms with van der Waals surface area (Å²) in [6, 6.07) is 7.30. The van der Waals surface area contributed by atoms with Gasteiger partial charge in [0, 0.05) is 5.56 Å². The third-order valence-corrected chi connectivity index (χ3v) is 6.73. The average Bonchev–Trinajstić information content (AvgIpc) is 3.37. The quantitative estimate of drug-likeness (QED) is 0.500. The Labute approximate surface area is 192 Å². The Balaban J connectivity index is 1.31. The number of imide groups is 1. The lowest BCUT2D eigenvalue weighted by Gasteiger charge is -2.34. The maximum Gasteiger partial charge on any atom is 0.326 e. The van der Waals surface area contributed by atoms with E-state index in [-0.39, 0.29) is 18.4 Å². The molecule has 9 heteroatoms. The van der Waals surface area contributed by atoms with E-state index in [1.807, 2.05) is 24.3 Å². The fourth-order valence-electron chi connectivity index (χ4n) is 4.50. The highest BCUT2D eigenvalue weighted by molar-refractivity contribution is 6.08. The van der Waals surface area contributed by atoms with Gasteiger partial charge in [0.25, 0.3) is 11.8 Å². The molecule has 1 saturated heterocycles. The monoisotopic (exact) mass is 454 g/mol. The second-order valence-corrected chi connectivity index (χ2v) is 9.20. The molecule has 9 nitrogen and oxygen atoms in total. The molecule has 0 atom stereocenters. The van der Waals surface area contributed by atoms with Crippen LogP contribution in [0.1, 0.15) is 70.2 Å². The van der Waals surface area contributed by atoms with Gasteiger partial charge in [-0.3, -0.25) is 14.5 Å². The number of amides is 3. The molecule has 1 spiro atoms. The molecular weight excluding hydrogens is 424 g/mol. The molecule has 1 N–H and O–H groups in total. The molecule has 1 aliphatic carbocycles. The lowest BCUT2D eigenvalue weighted by molar-refractivity contribution is -0.149. The van der Waals surface area contributed by atoms with Crippen molar-refractivity contribution >= 4 is 17.9 Å². The molecule has 3 amide bonds. The molecule has 176 valence electrons. The predicted molar refractivity (Wildman–Crippen MR) is 119 cm³/mol. The summed E-state index contributed by atoms with van der Waals surface area (Å²) in [5, 5.41) is 6.74. The van der Waals surface area contributed by atoms with Crippen LogP contribution in [0.5, 0.6) is 0 Å². The molecule has 0 radical (unpaired) electrons. The molecule has 1 saturated carbocycles. The number of esters is 1. The van der Waals surface area contributed by atoms with Crippen LogP contribution in [0.25, 0.3) is 11.4 Å². The molecule has 0 unspecified atom stereocenters. The summed E-state index contributed by atoms with van der Waals surface area (Å²) in [7, 11) is 0. The summed E-state index contributed by atoms with van der Waals surface area (Å²) in [6.07, 6.45) is 4.05. The summed E-state index contributed by atoms with van der Waals surface area (Å²) in [4.78, 5) is 42.8. The second kappa shape index (κ2) is 9.33. The Hall–Kier alpha value is -3.23. The number of nitrogens with zero attached hydrogens (tertiary/aromatic N) is 3. The topological polar surface area (TPSA) is 115 Å². The van der Waals surface area contributed by atoms with E-state index in [2.05, 4.69) is 36.2 Å². The van der Waals surface area contributed by atoms with Crippen LogP contribution in [0.3, 0.4) is 0 Å². The Morgan fingerprint density at radius 1 is 1.24 bits per heavy atom. The van der Waals surface area contributed by atoms with Gasteiger partial charge in [-0.1, -0.05) is 56.6 Å². The first-order valence-corrected chi connectivity index (χ1v) is 11.5. The van der Waals surface area contributed by atoms with Crippen LogP contribution >= 0.6 is 0 Å². The molecule has 1 aromatic heterocycles. The van der Waals surface area contributed by atoms with E-state index in [0.29, 0.717) is 30.5 Å². The molecule has 2 aliphatic rings. The van der Waals surface area contributed by atoms with Gasteiger partial charge in [0.1, 0.15) is 12.1 Å². The Kier molecular flexibility index (Phi) is 6.49. The minimum Gasteiger partial charge on any atom is -0.454 e. The first kappa shape index (κ1) is 22.9. The Bertz CT molecular complexity index is 1020. The largest absolute Gasteiger partial charge is 0.454 e. The van der Waals surface area contributed by atoms with Crippen molar-refractivity contribution < 1.29 is 23.6 Å². The lowest BCUT2D eigenvalue weighted by Crippen LogP contribution is -2.49. The van der Waals surface area contributed by atoms with Crippen molar-refractivity contribution in [2.75, 3.05) is 6.54 Å². The van der Waals surface area contributed by atoms with Gasteiger partial charge in [0.2, 0.25) is 5.82 Å². The zero-order valence-corrected chi connectivity index (χ0v) is 19.3. The molecule has 2 aromatic rings. The van der Waals surface area contributed by atoms with E-state index in [4.69, 9.17) is 9.26 Å². The van der Waals surface area contributed by atoms with E-state index >= 15 is 0 Å². The molecule has 1 aromatic carbocycles. The molecular formula is C24H30N4O5. The van der Waals surface area contributed by atoms with Crippen LogP contribution in [-0.2, 0) is 20.9 Å². The molecule has 2 heterocycles. The maximum atomic E-state index is 12.9. The number of urea groups is 1. The minimum absolute atomic E-state index is 0.137. The first-order chi connectivity index (χ1) is 15.8. The van der Waals surface area contributed by atoms with Gasteiger partial charge >= 0.3 is 12.0 Å². The highest BCUT2D eigenvalue weighted by Crippen LogP contribution is 2.37. The SMILES string of the molecule is CCC1CCC2(CC1)NC(=O)N(CC(=O)OCc1nc(-c3ccc(C(C)C)cc3)no1)C2=O. The van der Waals surface area contributed by atoms with Crippen molar-refractivity contribution in [3.05, 3.63) is 35.7 Å². The third kappa shape index (κ3) is 4.77. The van der Waals surface area contributed by atoms with Gasteiger partial charge in [0.15, 0.2) is 6.61 Å². The number of aromatic nitrogens is 2. The summed E-state index contributed by atoms with van der Waals surface area (Å²) in [5.41, 5.74) is 1.12. The van der Waals surface area contributed by atoms with Crippen molar-refractivity contribution in [3.8, 4) is 11.4 Å². The average molecular weight is 455 g/mol. The number of ether oxygens (including phenoxy) is 1. The van der Waals surface area contributed by atoms with Gasteiger partial charge in [0.05, 0.1) is 0 Å². The highest BCUT2D eigenvalue weighted by atomic mass is 16.6. The minimum atomic E-state index is -0.879. The predicted octanol–water partition coefficient (Wildman–Crippen LogP) is 3.79. The summed E-state index contributed by atoms with van der Waals surface area (Å²) < 4.78 is 10.4. The van der Waals surface area contributed by atoms with Gasteiger partial charge in [-0.2, -0.15) is 4.98 Å². The molecule has 2 fully saturated rings. The van der Waals surface area contributed by atoms with Crippen LogP contribution in [0, 0.1) is 5.92 Å². The number of carbonyl (C=O) groups is 3. The fourth-order valence-corrected chi connectivity index (χ4v) is 4.50. The number of nitrogens with one attached hydrogen (secondary N) is 1. The van der Waals surface area contributed by atoms with Crippen LogP contribution in [-0.4, -0.2) is 45.0 Å². The normalized spacial score (nSPS) is 22.8. The van der Waals surface area contributed by atoms with Crippen molar-refractivity contribution in [3.63, 3.8) is 0 Å². The zero-order chi connectivity index (χ0) is 23.6. The van der Waals surface area contributed by atoms with E-state index in [1.165, 1.54) is 5.56 Å². The van der Waals surface area contributed by atoms with E-state index in [1.54, 1.807) is 0 Å².